The van der Waals surface area contributed by atoms with Crippen LogP contribution in [-0.2, 0) is 9.84 Å². The summed E-state index contributed by atoms with van der Waals surface area (Å²) in [6.07, 6.45) is 1.99. The van der Waals surface area contributed by atoms with Gasteiger partial charge in [-0.1, -0.05) is 6.92 Å². The van der Waals surface area contributed by atoms with Crippen LogP contribution >= 0.6 is 0 Å². The number of aliphatic hydroxyl groups is 1. The standard InChI is InChI=1S/C9H18O3S/c1-8(2,6-10)13(11,12)7-9(3)4-5-9/h10H,4-7H2,1-3H3. The normalized spacial score (nSPS) is 21.5. The summed E-state index contributed by atoms with van der Waals surface area (Å²) in [7, 11) is -3.16. The lowest BCUT2D eigenvalue weighted by Crippen LogP contribution is -2.39. The van der Waals surface area contributed by atoms with Gasteiger partial charge in [-0.2, -0.15) is 0 Å². The highest BCUT2D eigenvalue weighted by Gasteiger charge is 2.46. The molecule has 0 atom stereocenters. The van der Waals surface area contributed by atoms with Crippen molar-refractivity contribution in [3.8, 4) is 0 Å². The van der Waals surface area contributed by atoms with Crippen LogP contribution in [-0.4, -0.2) is 30.6 Å². The van der Waals surface area contributed by atoms with Crippen LogP contribution in [0.3, 0.4) is 0 Å². The van der Waals surface area contributed by atoms with E-state index < -0.39 is 14.6 Å². The van der Waals surface area contributed by atoms with E-state index in [9.17, 15) is 8.42 Å². The summed E-state index contributed by atoms with van der Waals surface area (Å²) >= 11 is 0. The van der Waals surface area contributed by atoms with E-state index in [-0.39, 0.29) is 17.8 Å². The smallest absolute Gasteiger partial charge is 0.158 e. The highest BCUT2D eigenvalue weighted by molar-refractivity contribution is 7.92. The topological polar surface area (TPSA) is 54.4 Å². The molecule has 0 amide bonds. The maximum absolute atomic E-state index is 11.8. The van der Waals surface area contributed by atoms with Gasteiger partial charge in [-0.15, -0.1) is 0 Å². The van der Waals surface area contributed by atoms with Crippen LogP contribution in [0.2, 0.25) is 0 Å². The quantitative estimate of drug-likeness (QED) is 0.745. The molecule has 0 aliphatic heterocycles. The van der Waals surface area contributed by atoms with Crippen molar-refractivity contribution >= 4 is 9.84 Å². The fourth-order valence-electron chi connectivity index (χ4n) is 1.11. The Labute approximate surface area is 80.1 Å². The first-order chi connectivity index (χ1) is 5.72. The SMILES string of the molecule is CC1(CS(=O)(=O)C(C)(C)CO)CC1. The zero-order valence-corrected chi connectivity index (χ0v) is 9.32. The summed E-state index contributed by atoms with van der Waals surface area (Å²) in [5.41, 5.74) is -0.00866. The molecule has 3 nitrogen and oxygen atoms in total. The van der Waals surface area contributed by atoms with Crippen LogP contribution in [0.15, 0.2) is 0 Å². The number of hydrogen-bond acceptors (Lipinski definition) is 3. The van der Waals surface area contributed by atoms with Crippen LogP contribution < -0.4 is 0 Å². The Hall–Kier alpha value is -0.0900. The predicted octanol–water partition coefficient (Wildman–Crippen LogP) is 0.972. The zero-order chi connectivity index (χ0) is 10.3. The summed E-state index contributed by atoms with van der Waals surface area (Å²) in [4.78, 5) is 0. The molecular formula is C9H18O3S. The van der Waals surface area contributed by atoms with E-state index >= 15 is 0 Å². The predicted molar refractivity (Wildman–Crippen MR) is 52.3 cm³/mol. The fraction of sp³-hybridized carbons (Fsp3) is 1.00. The van der Waals surface area contributed by atoms with Crippen LogP contribution in [0.4, 0.5) is 0 Å². The summed E-state index contributed by atoms with van der Waals surface area (Å²) in [6, 6.07) is 0. The molecule has 0 aromatic heterocycles. The van der Waals surface area contributed by atoms with Crippen LogP contribution in [0.25, 0.3) is 0 Å². The van der Waals surface area contributed by atoms with E-state index in [0.29, 0.717) is 0 Å². The summed E-state index contributed by atoms with van der Waals surface area (Å²) in [6.45, 7) is 4.84. The third kappa shape index (κ3) is 2.23. The van der Waals surface area contributed by atoms with E-state index in [2.05, 4.69) is 0 Å². The monoisotopic (exact) mass is 206 g/mol. The summed E-state index contributed by atoms with van der Waals surface area (Å²) in [5, 5.41) is 8.97. The molecule has 78 valence electrons. The third-order valence-corrected chi connectivity index (χ3v) is 5.75. The molecule has 4 heteroatoms. The Morgan fingerprint density at radius 1 is 1.38 bits per heavy atom. The molecule has 1 fully saturated rings. The van der Waals surface area contributed by atoms with Gasteiger partial charge < -0.3 is 5.11 Å². The lowest BCUT2D eigenvalue weighted by Gasteiger charge is -2.23. The van der Waals surface area contributed by atoms with Crippen molar-refractivity contribution in [3.05, 3.63) is 0 Å². The molecule has 1 saturated carbocycles. The Morgan fingerprint density at radius 2 is 1.85 bits per heavy atom. The van der Waals surface area contributed by atoms with Gasteiger partial charge >= 0.3 is 0 Å². The molecule has 0 aromatic rings. The molecular weight excluding hydrogens is 188 g/mol. The Bertz CT molecular complexity index is 286. The van der Waals surface area contributed by atoms with Crippen LogP contribution in [0.1, 0.15) is 33.6 Å². The highest BCUT2D eigenvalue weighted by atomic mass is 32.2. The molecule has 1 aliphatic rings. The van der Waals surface area contributed by atoms with Gasteiger partial charge in [0, 0.05) is 0 Å². The first-order valence-corrected chi connectivity index (χ1v) is 6.21. The summed E-state index contributed by atoms with van der Waals surface area (Å²) in [5.74, 6) is 0.216. The second kappa shape index (κ2) is 2.95. The lowest BCUT2D eigenvalue weighted by atomic mass is 10.2. The van der Waals surface area contributed by atoms with Crippen molar-refractivity contribution in [2.45, 2.75) is 38.4 Å². The largest absolute Gasteiger partial charge is 0.395 e. The highest BCUT2D eigenvalue weighted by Crippen LogP contribution is 2.47. The van der Waals surface area contributed by atoms with Gasteiger partial charge in [-0.25, -0.2) is 8.42 Å². The van der Waals surface area contributed by atoms with E-state index in [4.69, 9.17) is 5.11 Å². The Kier molecular flexibility index (Phi) is 2.50. The van der Waals surface area contributed by atoms with E-state index in [0.717, 1.165) is 12.8 Å². The van der Waals surface area contributed by atoms with Gasteiger partial charge in [0.15, 0.2) is 9.84 Å². The molecule has 0 unspecified atom stereocenters. The van der Waals surface area contributed by atoms with Crippen molar-refractivity contribution in [1.82, 2.24) is 0 Å². The third-order valence-electron chi connectivity index (χ3n) is 2.86. The second-order valence-corrected chi connectivity index (χ2v) is 7.61. The van der Waals surface area contributed by atoms with Gasteiger partial charge in [0.05, 0.1) is 17.1 Å². The molecule has 0 radical (unpaired) electrons. The molecule has 0 bridgehead atoms. The first-order valence-electron chi connectivity index (χ1n) is 4.56. The van der Waals surface area contributed by atoms with E-state index in [1.54, 1.807) is 13.8 Å². The zero-order valence-electron chi connectivity index (χ0n) is 8.50. The molecule has 0 saturated heterocycles. The average Bonchev–Trinajstić information content (AvgIpc) is 2.66. The number of aliphatic hydroxyl groups excluding tert-OH is 1. The minimum absolute atomic E-state index is 0.00866. The summed E-state index contributed by atoms with van der Waals surface area (Å²) < 4.78 is 22.6. The average molecular weight is 206 g/mol. The van der Waals surface area contributed by atoms with Crippen molar-refractivity contribution in [1.29, 1.82) is 0 Å². The minimum Gasteiger partial charge on any atom is -0.395 e. The molecule has 13 heavy (non-hydrogen) atoms. The molecule has 0 aromatic carbocycles. The number of hydrogen-bond donors (Lipinski definition) is 1. The first kappa shape index (κ1) is 11.0. The minimum atomic E-state index is -3.16. The van der Waals surface area contributed by atoms with Crippen molar-refractivity contribution in [3.63, 3.8) is 0 Å². The maximum Gasteiger partial charge on any atom is 0.158 e. The van der Waals surface area contributed by atoms with Crippen molar-refractivity contribution in [2.75, 3.05) is 12.4 Å². The maximum atomic E-state index is 11.8. The van der Waals surface area contributed by atoms with E-state index in [1.165, 1.54) is 0 Å². The molecule has 0 spiro atoms. The lowest BCUT2D eigenvalue weighted by molar-refractivity contribution is 0.257. The molecule has 1 N–H and O–H groups in total. The van der Waals surface area contributed by atoms with Crippen LogP contribution in [0.5, 0.6) is 0 Å². The van der Waals surface area contributed by atoms with Gasteiger partial charge in [0.25, 0.3) is 0 Å². The van der Waals surface area contributed by atoms with Crippen molar-refractivity contribution < 1.29 is 13.5 Å². The molecule has 1 aliphatic carbocycles. The Morgan fingerprint density at radius 3 is 2.15 bits per heavy atom. The fourth-order valence-corrected chi connectivity index (χ4v) is 2.90. The van der Waals surface area contributed by atoms with Crippen molar-refractivity contribution in [2.24, 2.45) is 5.41 Å². The number of sulfone groups is 1. The molecule has 0 heterocycles. The second-order valence-electron chi connectivity index (χ2n) is 4.99. The van der Waals surface area contributed by atoms with Gasteiger partial charge in [-0.05, 0) is 32.1 Å². The van der Waals surface area contributed by atoms with Crippen LogP contribution in [0, 0.1) is 5.41 Å². The molecule has 1 rings (SSSR count). The van der Waals surface area contributed by atoms with Gasteiger partial charge in [-0.3, -0.25) is 0 Å². The Balaban J connectivity index is 2.77. The van der Waals surface area contributed by atoms with E-state index in [1.807, 2.05) is 6.92 Å². The van der Waals surface area contributed by atoms with Gasteiger partial charge in [0.1, 0.15) is 0 Å². The number of rotatable bonds is 4. The van der Waals surface area contributed by atoms with Gasteiger partial charge in [0.2, 0.25) is 0 Å².